The third kappa shape index (κ3) is 4.64. The van der Waals surface area contributed by atoms with Gasteiger partial charge in [-0.15, -0.1) is 0 Å². The van der Waals surface area contributed by atoms with Crippen molar-refractivity contribution in [2.45, 2.75) is 32.3 Å². The summed E-state index contributed by atoms with van der Waals surface area (Å²) in [5, 5.41) is 0. The number of carbonyl (C=O) groups excluding carboxylic acids is 2. The van der Waals surface area contributed by atoms with Crippen LogP contribution in [0, 0.1) is 0 Å². The first kappa shape index (κ1) is 17.2. The topological polar surface area (TPSA) is 71.1 Å². The van der Waals surface area contributed by atoms with Crippen LogP contribution in [0.15, 0.2) is 36.4 Å². The summed E-state index contributed by atoms with van der Waals surface area (Å²) in [5.74, 6) is -1.28. The lowest BCUT2D eigenvalue weighted by atomic mass is 10.2. The molecule has 6 heteroatoms. The summed E-state index contributed by atoms with van der Waals surface area (Å²) in [6.07, 6.45) is 0.360. The van der Waals surface area contributed by atoms with Gasteiger partial charge in [-0.25, -0.2) is 9.59 Å². The van der Waals surface area contributed by atoms with Crippen LogP contribution in [0.1, 0.15) is 19.4 Å². The molecular weight excluding hydrogens is 300 g/mol. The second-order valence-corrected chi connectivity index (χ2v) is 4.76. The molecule has 2 unspecified atom stereocenters. The normalized spacial score (nSPS) is 23.8. The Morgan fingerprint density at radius 2 is 1.52 bits per heavy atom. The Morgan fingerprint density at radius 3 is 2.00 bits per heavy atom. The van der Waals surface area contributed by atoms with Crippen molar-refractivity contribution in [1.82, 2.24) is 0 Å². The lowest BCUT2D eigenvalue weighted by Crippen LogP contribution is -2.39. The molecule has 1 aromatic rings. The molecule has 2 rings (SSSR count). The van der Waals surface area contributed by atoms with E-state index in [2.05, 4.69) is 0 Å². The fourth-order valence-corrected chi connectivity index (χ4v) is 2.12. The van der Waals surface area contributed by atoms with E-state index < -0.39 is 30.4 Å². The average Bonchev–Trinajstić information content (AvgIpc) is 2.99. The van der Waals surface area contributed by atoms with Gasteiger partial charge in [-0.3, -0.25) is 0 Å². The van der Waals surface area contributed by atoms with Crippen molar-refractivity contribution in [1.29, 1.82) is 0 Å². The zero-order valence-corrected chi connectivity index (χ0v) is 13.1. The highest BCUT2D eigenvalue weighted by Crippen LogP contribution is 2.23. The number of esters is 2. The van der Waals surface area contributed by atoms with E-state index in [4.69, 9.17) is 18.9 Å². The molecule has 1 aromatic carbocycles. The van der Waals surface area contributed by atoms with Crippen molar-refractivity contribution in [3.8, 4) is 0 Å². The maximum Gasteiger partial charge on any atom is 0.338 e. The van der Waals surface area contributed by atoms with Crippen LogP contribution in [-0.2, 0) is 28.5 Å². The Bertz CT molecular complexity index is 527. The maximum absolute atomic E-state index is 11.9. The van der Waals surface area contributed by atoms with Gasteiger partial charge in [0.1, 0.15) is 0 Å². The van der Waals surface area contributed by atoms with Gasteiger partial charge in [-0.05, 0) is 25.5 Å². The van der Waals surface area contributed by atoms with Gasteiger partial charge in [0.25, 0.3) is 0 Å². The Hall–Kier alpha value is -2.18. The fourth-order valence-electron chi connectivity index (χ4n) is 2.12. The smallest absolute Gasteiger partial charge is 0.338 e. The third-order valence-electron chi connectivity index (χ3n) is 3.12. The van der Waals surface area contributed by atoms with Crippen LogP contribution in [-0.4, -0.2) is 43.7 Å². The van der Waals surface area contributed by atoms with Crippen LogP contribution in [0.5, 0.6) is 0 Å². The highest BCUT2D eigenvalue weighted by molar-refractivity contribution is 5.86. The molecule has 1 fully saturated rings. The van der Waals surface area contributed by atoms with Crippen LogP contribution in [0.2, 0.25) is 0 Å². The molecule has 0 aromatic heterocycles. The molecule has 6 nitrogen and oxygen atoms in total. The van der Waals surface area contributed by atoms with E-state index in [0.717, 1.165) is 5.56 Å². The van der Waals surface area contributed by atoms with Crippen molar-refractivity contribution in [2.24, 2.45) is 0 Å². The van der Waals surface area contributed by atoms with Crippen LogP contribution in [0.4, 0.5) is 0 Å². The minimum atomic E-state index is -1.13. The van der Waals surface area contributed by atoms with Gasteiger partial charge in [-0.1, -0.05) is 36.4 Å². The van der Waals surface area contributed by atoms with Crippen molar-refractivity contribution < 1.29 is 28.5 Å². The summed E-state index contributed by atoms with van der Waals surface area (Å²) in [6.45, 7) is 3.75. The van der Waals surface area contributed by atoms with E-state index in [0.29, 0.717) is 0 Å². The Labute approximate surface area is 135 Å². The number of hydrogen-bond donors (Lipinski definition) is 0. The number of hydrogen-bond acceptors (Lipinski definition) is 6. The van der Waals surface area contributed by atoms with Gasteiger partial charge in [0.15, 0.2) is 18.5 Å². The Morgan fingerprint density at radius 1 is 1.00 bits per heavy atom. The van der Waals surface area contributed by atoms with E-state index in [1.165, 1.54) is 0 Å². The Balaban J connectivity index is 2.07. The summed E-state index contributed by atoms with van der Waals surface area (Å²) in [5.41, 5.74) is 0.951. The van der Waals surface area contributed by atoms with Crippen molar-refractivity contribution in [3.05, 3.63) is 42.0 Å². The number of carbonyl (C=O) groups is 2. The monoisotopic (exact) mass is 320 g/mol. The molecular formula is C17H20O6. The Kier molecular flexibility index (Phi) is 6.31. The van der Waals surface area contributed by atoms with Gasteiger partial charge in [0, 0.05) is 0 Å². The zero-order valence-electron chi connectivity index (χ0n) is 13.1. The van der Waals surface area contributed by atoms with Gasteiger partial charge in [0.05, 0.1) is 13.2 Å². The molecule has 1 saturated heterocycles. The largest absolute Gasteiger partial charge is 0.464 e. The number of ether oxygens (including phenoxy) is 4. The molecule has 1 aliphatic heterocycles. The molecule has 2 atom stereocenters. The van der Waals surface area contributed by atoms with E-state index in [1.807, 2.05) is 30.3 Å². The van der Waals surface area contributed by atoms with Gasteiger partial charge >= 0.3 is 11.9 Å². The maximum atomic E-state index is 11.9. The van der Waals surface area contributed by atoms with Gasteiger partial charge in [0.2, 0.25) is 0 Å². The minimum Gasteiger partial charge on any atom is -0.464 e. The van der Waals surface area contributed by atoms with Crippen molar-refractivity contribution in [3.63, 3.8) is 0 Å². The van der Waals surface area contributed by atoms with Crippen molar-refractivity contribution in [2.75, 3.05) is 13.2 Å². The van der Waals surface area contributed by atoms with Crippen LogP contribution in [0.3, 0.4) is 0 Å². The summed E-state index contributed by atoms with van der Waals surface area (Å²) < 4.78 is 20.8. The SMILES string of the molecule is CCOC(=O)C1OC(C=Cc2ccccc2)OC1C(=O)OCC. The lowest BCUT2D eigenvalue weighted by Gasteiger charge is -2.13. The predicted octanol–water partition coefficient (Wildman–Crippen LogP) is 1.94. The first-order chi connectivity index (χ1) is 11.2. The minimum absolute atomic E-state index is 0.193. The highest BCUT2D eigenvalue weighted by atomic mass is 16.8. The summed E-state index contributed by atoms with van der Waals surface area (Å²) in [4.78, 5) is 23.9. The predicted molar refractivity (Wildman–Crippen MR) is 82.3 cm³/mol. The van der Waals surface area contributed by atoms with E-state index >= 15 is 0 Å². The summed E-state index contributed by atoms with van der Waals surface area (Å²) in [6, 6.07) is 9.54. The number of rotatable bonds is 6. The second-order valence-electron chi connectivity index (χ2n) is 4.76. The molecule has 0 bridgehead atoms. The lowest BCUT2D eigenvalue weighted by molar-refractivity contribution is -0.163. The summed E-state index contributed by atoms with van der Waals surface area (Å²) >= 11 is 0. The molecule has 1 aliphatic rings. The van der Waals surface area contributed by atoms with E-state index in [-0.39, 0.29) is 13.2 Å². The summed E-state index contributed by atoms with van der Waals surface area (Å²) in [7, 11) is 0. The van der Waals surface area contributed by atoms with Crippen LogP contribution in [0.25, 0.3) is 6.08 Å². The highest BCUT2D eigenvalue weighted by Gasteiger charge is 2.46. The molecule has 0 N–H and O–H groups in total. The third-order valence-corrected chi connectivity index (χ3v) is 3.12. The molecule has 0 radical (unpaired) electrons. The number of benzene rings is 1. The molecule has 23 heavy (non-hydrogen) atoms. The van der Waals surface area contributed by atoms with Crippen molar-refractivity contribution >= 4 is 18.0 Å². The van der Waals surface area contributed by atoms with E-state index in [1.54, 1.807) is 26.0 Å². The molecule has 0 saturated carbocycles. The molecule has 124 valence electrons. The quantitative estimate of drug-likeness (QED) is 0.746. The van der Waals surface area contributed by atoms with Crippen LogP contribution < -0.4 is 0 Å². The average molecular weight is 320 g/mol. The molecule has 0 aliphatic carbocycles. The first-order valence-corrected chi connectivity index (χ1v) is 7.53. The first-order valence-electron chi connectivity index (χ1n) is 7.53. The van der Waals surface area contributed by atoms with Gasteiger partial charge in [-0.2, -0.15) is 0 Å². The fraction of sp³-hybridized carbons (Fsp3) is 0.412. The molecule has 1 heterocycles. The zero-order chi connectivity index (χ0) is 16.7. The van der Waals surface area contributed by atoms with E-state index in [9.17, 15) is 9.59 Å². The molecule has 0 amide bonds. The second kappa shape index (κ2) is 8.45. The standard InChI is InChI=1S/C17H20O6/c1-3-20-16(18)14-15(17(19)21-4-2)23-13(22-14)11-10-12-8-6-5-7-9-12/h5-11,13-15H,3-4H2,1-2H3. The molecule has 0 spiro atoms. The van der Waals surface area contributed by atoms with Crippen LogP contribution >= 0.6 is 0 Å². The van der Waals surface area contributed by atoms with Gasteiger partial charge < -0.3 is 18.9 Å².